The van der Waals surface area contributed by atoms with Gasteiger partial charge >= 0.3 is 0 Å². The molecule has 1 saturated heterocycles. The number of likely N-dealkylation sites (tertiary alicyclic amines) is 1. The molecule has 2 heterocycles. The molecule has 1 aliphatic rings. The van der Waals surface area contributed by atoms with E-state index in [0.29, 0.717) is 0 Å². The summed E-state index contributed by atoms with van der Waals surface area (Å²) in [6.07, 6.45) is 4.98. The molecule has 1 aromatic heterocycles. The minimum absolute atomic E-state index is 0.0167. The molecule has 2 aromatic carbocycles. The molecule has 3 aromatic rings. The minimum Gasteiger partial charge on any atom is -0.352 e. The molecule has 0 bridgehead atoms. The first-order chi connectivity index (χ1) is 15.0. The molecule has 1 amide bonds. The molecule has 164 valence electrons. The fourth-order valence-electron chi connectivity index (χ4n) is 4.56. The first-order valence-corrected chi connectivity index (χ1v) is 11.7. The lowest BCUT2D eigenvalue weighted by atomic mass is 10.1. The Morgan fingerprint density at radius 2 is 1.77 bits per heavy atom. The van der Waals surface area contributed by atoms with Gasteiger partial charge in [0.05, 0.1) is 0 Å². The Bertz CT molecular complexity index is 1050. The predicted molar refractivity (Wildman–Crippen MR) is 129 cm³/mol. The molecular formula is C26H32ClN3O. The van der Waals surface area contributed by atoms with Gasteiger partial charge in [0.25, 0.3) is 5.91 Å². The summed E-state index contributed by atoms with van der Waals surface area (Å²) in [5.41, 5.74) is 5.55. The van der Waals surface area contributed by atoms with Gasteiger partial charge in [-0.05, 0) is 94.2 Å². The van der Waals surface area contributed by atoms with E-state index in [-0.39, 0.29) is 5.91 Å². The molecule has 0 radical (unpaired) electrons. The predicted octanol–water partition coefficient (Wildman–Crippen LogP) is 5.57. The van der Waals surface area contributed by atoms with E-state index in [9.17, 15) is 4.79 Å². The van der Waals surface area contributed by atoms with Crippen molar-refractivity contribution >= 4 is 28.4 Å². The summed E-state index contributed by atoms with van der Waals surface area (Å²) in [7, 11) is 0. The Hall–Kier alpha value is -2.30. The lowest BCUT2D eigenvalue weighted by Crippen LogP contribution is -2.33. The molecule has 1 fully saturated rings. The van der Waals surface area contributed by atoms with Gasteiger partial charge in [-0.3, -0.25) is 4.79 Å². The Morgan fingerprint density at radius 1 is 1.03 bits per heavy atom. The Balaban J connectivity index is 1.43. The number of aryl methyl sites for hydroxylation is 1. The van der Waals surface area contributed by atoms with E-state index in [1.54, 1.807) is 0 Å². The van der Waals surface area contributed by atoms with Crippen LogP contribution in [-0.2, 0) is 6.54 Å². The largest absolute Gasteiger partial charge is 0.352 e. The molecular weight excluding hydrogens is 406 g/mol. The average Bonchev–Trinajstić information content (AvgIpc) is 3.03. The first kappa shape index (κ1) is 21.9. The standard InChI is InChI=1S/C26H32ClN3O/c1-19-20(2)30(18-21-7-10-23(27)11-8-21)25-12-9-22(17-24(19)25)26(31)28-13-6-16-29-14-4-3-5-15-29/h7-12,17H,3-6,13-16,18H2,1-2H3,(H,28,31). The third kappa shape index (κ3) is 5.13. The number of nitrogens with one attached hydrogen (secondary N) is 1. The molecule has 1 aliphatic heterocycles. The van der Waals surface area contributed by atoms with E-state index < -0.39 is 0 Å². The van der Waals surface area contributed by atoms with Gasteiger partial charge in [-0.25, -0.2) is 0 Å². The molecule has 4 nitrogen and oxygen atoms in total. The van der Waals surface area contributed by atoms with Crippen LogP contribution < -0.4 is 5.32 Å². The molecule has 5 heteroatoms. The van der Waals surface area contributed by atoms with Crippen molar-refractivity contribution in [1.29, 1.82) is 0 Å². The van der Waals surface area contributed by atoms with Crippen molar-refractivity contribution in [1.82, 2.24) is 14.8 Å². The van der Waals surface area contributed by atoms with Crippen LogP contribution in [-0.4, -0.2) is 41.6 Å². The zero-order valence-corrected chi connectivity index (χ0v) is 19.3. The van der Waals surface area contributed by atoms with E-state index in [2.05, 4.69) is 46.8 Å². The zero-order chi connectivity index (χ0) is 21.8. The van der Waals surface area contributed by atoms with Crippen LogP contribution in [0.5, 0.6) is 0 Å². The number of hydrogen-bond donors (Lipinski definition) is 1. The number of piperidine rings is 1. The number of carbonyl (C=O) groups excluding carboxylic acids is 1. The minimum atomic E-state index is 0.0167. The molecule has 1 N–H and O–H groups in total. The molecule has 0 aliphatic carbocycles. The topological polar surface area (TPSA) is 37.3 Å². The van der Waals surface area contributed by atoms with Crippen molar-refractivity contribution in [3.05, 3.63) is 69.9 Å². The van der Waals surface area contributed by atoms with Gasteiger partial charge in [-0.2, -0.15) is 0 Å². The van der Waals surface area contributed by atoms with Crippen molar-refractivity contribution in [2.45, 2.75) is 46.1 Å². The maximum absolute atomic E-state index is 12.7. The molecule has 0 spiro atoms. The van der Waals surface area contributed by atoms with E-state index in [4.69, 9.17) is 11.6 Å². The fourth-order valence-corrected chi connectivity index (χ4v) is 4.68. The number of rotatable bonds is 7. The smallest absolute Gasteiger partial charge is 0.251 e. The van der Waals surface area contributed by atoms with Gasteiger partial charge < -0.3 is 14.8 Å². The van der Waals surface area contributed by atoms with Crippen molar-refractivity contribution in [3.8, 4) is 0 Å². The highest BCUT2D eigenvalue weighted by Crippen LogP contribution is 2.27. The van der Waals surface area contributed by atoms with Crippen LogP contribution in [0.1, 0.15) is 52.9 Å². The lowest BCUT2D eigenvalue weighted by Gasteiger charge is -2.26. The maximum Gasteiger partial charge on any atom is 0.251 e. The van der Waals surface area contributed by atoms with Gasteiger partial charge in [0.15, 0.2) is 0 Å². The van der Waals surface area contributed by atoms with Crippen molar-refractivity contribution in [3.63, 3.8) is 0 Å². The number of amides is 1. The third-order valence-corrected chi connectivity index (χ3v) is 6.79. The average molecular weight is 438 g/mol. The summed E-state index contributed by atoms with van der Waals surface area (Å²) in [6.45, 7) is 9.28. The van der Waals surface area contributed by atoms with Crippen LogP contribution in [0.4, 0.5) is 0 Å². The quantitative estimate of drug-likeness (QED) is 0.491. The summed E-state index contributed by atoms with van der Waals surface area (Å²) in [4.78, 5) is 15.2. The number of benzene rings is 2. The first-order valence-electron chi connectivity index (χ1n) is 11.4. The number of halogens is 1. The van der Waals surface area contributed by atoms with Crippen molar-refractivity contribution in [2.24, 2.45) is 0 Å². The van der Waals surface area contributed by atoms with Crippen molar-refractivity contribution in [2.75, 3.05) is 26.2 Å². The number of carbonyl (C=O) groups is 1. The van der Waals surface area contributed by atoms with Crippen LogP contribution in [0.3, 0.4) is 0 Å². The van der Waals surface area contributed by atoms with Crippen LogP contribution in [0.2, 0.25) is 5.02 Å². The second-order valence-corrected chi connectivity index (χ2v) is 9.10. The lowest BCUT2D eigenvalue weighted by molar-refractivity contribution is 0.0951. The Labute approximate surface area is 190 Å². The number of hydrogen-bond acceptors (Lipinski definition) is 2. The molecule has 0 unspecified atom stereocenters. The highest BCUT2D eigenvalue weighted by molar-refractivity contribution is 6.30. The van der Waals surface area contributed by atoms with Gasteiger partial charge in [0, 0.05) is 40.3 Å². The highest BCUT2D eigenvalue weighted by Gasteiger charge is 2.15. The Morgan fingerprint density at radius 3 is 2.52 bits per heavy atom. The van der Waals surface area contributed by atoms with Gasteiger partial charge in [-0.15, -0.1) is 0 Å². The summed E-state index contributed by atoms with van der Waals surface area (Å²) in [5.74, 6) is 0.0167. The molecule has 4 rings (SSSR count). The molecule has 31 heavy (non-hydrogen) atoms. The fraction of sp³-hybridized carbons (Fsp3) is 0.423. The molecule has 0 saturated carbocycles. The van der Waals surface area contributed by atoms with Crippen LogP contribution in [0, 0.1) is 13.8 Å². The summed E-state index contributed by atoms with van der Waals surface area (Å²) in [6, 6.07) is 14.0. The van der Waals surface area contributed by atoms with Gasteiger partial charge in [-0.1, -0.05) is 30.2 Å². The summed E-state index contributed by atoms with van der Waals surface area (Å²) in [5, 5.41) is 5.00. The molecule has 0 atom stereocenters. The van der Waals surface area contributed by atoms with Crippen LogP contribution in [0.25, 0.3) is 10.9 Å². The third-order valence-electron chi connectivity index (χ3n) is 6.54. The van der Waals surface area contributed by atoms with Gasteiger partial charge in [0.2, 0.25) is 0 Å². The van der Waals surface area contributed by atoms with E-state index in [1.807, 2.05) is 24.3 Å². The second kappa shape index (κ2) is 9.88. The van der Waals surface area contributed by atoms with Gasteiger partial charge in [0.1, 0.15) is 0 Å². The summed E-state index contributed by atoms with van der Waals surface area (Å²) < 4.78 is 2.31. The zero-order valence-electron chi connectivity index (χ0n) is 18.6. The number of fused-ring (bicyclic) bond motifs is 1. The van der Waals surface area contributed by atoms with E-state index >= 15 is 0 Å². The maximum atomic E-state index is 12.7. The second-order valence-electron chi connectivity index (χ2n) is 8.67. The van der Waals surface area contributed by atoms with Crippen molar-refractivity contribution < 1.29 is 4.79 Å². The normalized spacial score (nSPS) is 14.8. The number of aromatic nitrogens is 1. The van der Waals surface area contributed by atoms with Crippen LogP contribution >= 0.6 is 11.6 Å². The monoisotopic (exact) mass is 437 g/mol. The highest BCUT2D eigenvalue weighted by atomic mass is 35.5. The van der Waals surface area contributed by atoms with Crippen LogP contribution in [0.15, 0.2) is 42.5 Å². The summed E-state index contributed by atoms with van der Waals surface area (Å²) >= 11 is 6.03. The van der Waals surface area contributed by atoms with E-state index in [0.717, 1.165) is 47.5 Å². The Kier molecular flexibility index (Phi) is 6.99. The number of nitrogens with zero attached hydrogens (tertiary/aromatic N) is 2. The van der Waals surface area contributed by atoms with E-state index in [1.165, 1.54) is 49.2 Å². The SMILES string of the molecule is Cc1c(C)n(Cc2ccc(Cl)cc2)c2ccc(C(=O)NCCCN3CCCCC3)cc12.